The van der Waals surface area contributed by atoms with Crippen LogP contribution >= 0.6 is 0 Å². The van der Waals surface area contributed by atoms with Gasteiger partial charge in [-0.15, -0.1) is 0 Å². The van der Waals surface area contributed by atoms with E-state index in [0.29, 0.717) is 16.9 Å². The van der Waals surface area contributed by atoms with E-state index >= 15 is 0 Å². The standard InChI is InChI=1S/C19H17N5O3/c1-12-6-8-15(9-7-12)22-18-17(24(26)27)19(21-11-20-18)23-16-5-3-4-14(10-16)13(2)25/h3-11H,1-2H3,(H2,20,21,22,23). The lowest BCUT2D eigenvalue weighted by atomic mass is 10.1. The minimum absolute atomic E-state index is 0.0327. The molecule has 0 saturated heterocycles. The lowest BCUT2D eigenvalue weighted by Gasteiger charge is -2.10. The van der Waals surface area contributed by atoms with E-state index in [0.717, 1.165) is 5.56 Å². The molecule has 0 aliphatic rings. The van der Waals surface area contributed by atoms with E-state index in [1.54, 1.807) is 24.3 Å². The van der Waals surface area contributed by atoms with Crippen LogP contribution in [-0.4, -0.2) is 20.7 Å². The summed E-state index contributed by atoms with van der Waals surface area (Å²) in [6.07, 6.45) is 1.24. The minimum atomic E-state index is -0.548. The van der Waals surface area contributed by atoms with Gasteiger partial charge in [-0.3, -0.25) is 14.9 Å². The maximum atomic E-state index is 11.6. The molecule has 3 rings (SSSR count). The highest BCUT2D eigenvalue weighted by molar-refractivity contribution is 5.95. The molecule has 136 valence electrons. The number of nitro groups is 1. The Kier molecular flexibility index (Phi) is 5.07. The molecule has 0 fully saturated rings. The molecule has 0 radical (unpaired) electrons. The summed E-state index contributed by atoms with van der Waals surface area (Å²) in [6, 6.07) is 14.1. The molecule has 0 spiro atoms. The van der Waals surface area contributed by atoms with Gasteiger partial charge >= 0.3 is 5.69 Å². The zero-order valence-electron chi connectivity index (χ0n) is 14.8. The first-order valence-corrected chi connectivity index (χ1v) is 8.15. The van der Waals surface area contributed by atoms with Crippen LogP contribution in [0.1, 0.15) is 22.8 Å². The first-order valence-electron chi connectivity index (χ1n) is 8.15. The molecule has 2 aromatic carbocycles. The molecule has 1 aromatic heterocycles. The summed E-state index contributed by atoms with van der Waals surface area (Å²) >= 11 is 0. The molecule has 0 aliphatic heterocycles. The van der Waals surface area contributed by atoms with E-state index in [9.17, 15) is 14.9 Å². The zero-order valence-corrected chi connectivity index (χ0v) is 14.8. The fourth-order valence-corrected chi connectivity index (χ4v) is 2.46. The summed E-state index contributed by atoms with van der Waals surface area (Å²) in [5.74, 6) is 0.00644. The van der Waals surface area contributed by atoms with Gasteiger partial charge in [-0.05, 0) is 38.1 Å². The quantitative estimate of drug-likeness (QED) is 0.380. The number of rotatable bonds is 6. The number of hydrogen-bond acceptors (Lipinski definition) is 7. The van der Waals surface area contributed by atoms with Crippen molar-refractivity contribution in [2.24, 2.45) is 0 Å². The molecule has 0 saturated carbocycles. The van der Waals surface area contributed by atoms with Gasteiger partial charge in [0, 0.05) is 16.9 Å². The largest absolute Gasteiger partial charge is 0.353 e. The van der Waals surface area contributed by atoms with E-state index in [2.05, 4.69) is 20.6 Å². The topological polar surface area (TPSA) is 110 Å². The van der Waals surface area contributed by atoms with Gasteiger partial charge in [0.25, 0.3) is 0 Å². The number of aromatic nitrogens is 2. The number of Topliss-reactive ketones (excluding diaryl/α,β-unsaturated/α-hetero) is 1. The van der Waals surface area contributed by atoms with Crippen molar-refractivity contribution in [1.82, 2.24) is 9.97 Å². The Bertz CT molecular complexity index is 1000. The van der Waals surface area contributed by atoms with Crippen LogP contribution in [0.3, 0.4) is 0 Å². The lowest BCUT2D eigenvalue weighted by molar-refractivity contribution is -0.383. The number of hydrogen-bond donors (Lipinski definition) is 2. The molecule has 8 heteroatoms. The Morgan fingerprint density at radius 1 is 1.00 bits per heavy atom. The van der Waals surface area contributed by atoms with Crippen molar-refractivity contribution in [3.63, 3.8) is 0 Å². The highest BCUT2D eigenvalue weighted by atomic mass is 16.6. The SMILES string of the molecule is CC(=O)c1cccc(Nc2ncnc(Nc3ccc(C)cc3)c2[N+](=O)[O-])c1. The average Bonchev–Trinajstić information content (AvgIpc) is 2.64. The van der Waals surface area contributed by atoms with Gasteiger partial charge < -0.3 is 10.6 Å². The van der Waals surface area contributed by atoms with Crippen molar-refractivity contribution < 1.29 is 9.72 Å². The molecule has 0 amide bonds. The Balaban J connectivity index is 1.96. The summed E-state index contributed by atoms with van der Waals surface area (Å²) in [7, 11) is 0. The summed E-state index contributed by atoms with van der Waals surface area (Å²) < 4.78 is 0. The van der Waals surface area contributed by atoms with Crippen molar-refractivity contribution in [2.75, 3.05) is 10.6 Å². The molecule has 0 unspecified atom stereocenters. The van der Waals surface area contributed by atoms with E-state index in [1.165, 1.54) is 13.3 Å². The molecule has 3 aromatic rings. The first kappa shape index (κ1) is 18.0. The molecular formula is C19H17N5O3. The summed E-state index contributed by atoms with van der Waals surface area (Å²) in [5, 5.41) is 17.5. The van der Waals surface area contributed by atoms with Gasteiger partial charge in [-0.25, -0.2) is 9.97 Å². The molecular weight excluding hydrogens is 346 g/mol. The van der Waals surface area contributed by atoms with Crippen LogP contribution in [0.5, 0.6) is 0 Å². The Hall–Kier alpha value is -3.81. The van der Waals surface area contributed by atoms with Crippen LogP contribution in [0, 0.1) is 17.0 Å². The van der Waals surface area contributed by atoms with Crippen LogP contribution in [0.15, 0.2) is 54.9 Å². The molecule has 2 N–H and O–H groups in total. The Morgan fingerprint density at radius 3 is 2.22 bits per heavy atom. The molecule has 0 bridgehead atoms. The Labute approximate surface area is 155 Å². The third-order valence-corrected chi connectivity index (χ3v) is 3.85. The highest BCUT2D eigenvalue weighted by Gasteiger charge is 2.23. The average molecular weight is 363 g/mol. The van der Waals surface area contributed by atoms with E-state index in [1.807, 2.05) is 31.2 Å². The predicted molar refractivity (Wildman–Crippen MR) is 103 cm³/mol. The van der Waals surface area contributed by atoms with Crippen LogP contribution in [0.25, 0.3) is 0 Å². The van der Waals surface area contributed by atoms with E-state index < -0.39 is 4.92 Å². The molecule has 27 heavy (non-hydrogen) atoms. The zero-order chi connectivity index (χ0) is 19.4. The van der Waals surface area contributed by atoms with Crippen molar-refractivity contribution in [2.45, 2.75) is 13.8 Å². The first-order chi connectivity index (χ1) is 12.9. The monoisotopic (exact) mass is 363 g/mol. The van der Waals surface area contributed by atoms with E-state index in [4.69, 9.17) is 0 Å². The predicted octanol–water partition coefficient (Wildman–Crippen LogP) is 4.38. The smallest absolute Gasteiger partial charge is 0.334 e. The number of anilines is 4. The van der Waals surface area contributed by atoms with Gasteiger partial charge in [0.2, 0.25) is 11.6 Å². The second-order valence-corrected chi connectivity index (χ2v) is 5.93. The highest BCUT2D eigenvalue weighted by Crippen LogP contribution is 2.33. The van der Waals surface area contributed by atoms with Crippen LogP contribution < -0.4 is 10.6 Å². The second-order valence-electron chi connectivity index (χ2n) is 5.93. The lowest BCUT2D eigenvalue weighted by Crippen LogP contribution is -2.06. The summed E-state index contributed by atoms with van der Waals surface area (Å²) in [5.41, 5.74) is 2.48. The summed E-state index contributed by atoms with van der Waals surface area (Å²) in [6.45, 7) is 3.41. The second kappa shape index (κ2) is 7.61. The molecule has 0 aliphatic carbocycles. The number of carbonyl (C=O) groups excluding carboxylic acids is 1. The van der Waals surface area contributed by atoms with Crippen LogP contribution in [-0.2, 0) is 0 Å². The van der Waals surface area contributed by atoms with Gasteiger partial charge in [0.05, 0.1) is 4.92 Å². The van der Waals surface area contributed by atoms with Crippen molar-refractivity contribution in [1.29, 1.82) is 0 Å². The number of benzene rings is 2. The molecule has 8 nitrogen and oxygen atoms in total. The summed E-state index contributed by atoms with van der Waals surface area (Å²) in [4.78, 5) is 30.6. The molecule has 0 atom stereocenters. The number of carbonyl (C=O) groups is 1. The number of aryl methyl sites for hydroxylation is 1. The normalized spacial score (nSPS) is 10.3. The van der Waals surface area contributed by atoms with Crippen LogP contribution in [0.2, 0.25) is 0 Å². The fourth-order valence-electron chi connectivity index (χ4n) is 2.46. The van der Waals surface area contributed by atoms with Gasteiger partial charge in [0.1, 0.15) is 6.33 Å². The van der Waals surface area contributed by atoms with Crippen LogP contribution in [0.4, 0.5) is 28.7 Å². The third-order valence-electron chi connectivity index (χ3n) is 3.85. The van der Waals surface area contributed by atoms with Crippen molar-refractivity contribution in [3.8, 4) is 0 Å². The fraction of sp³-hybridized carbons (Fsp3) is 0.105. The Morgan fingerprint density at radius 2 is 1.63 bits per heavy atom. The number of ketones is 1. The van der Waals surface area contributed by atoms with E-state index in [-0.39, 0.29) is 23.1 Å². The molecule has 1 heterocycles. The maximum absolute atomic E-state index is 11.6. The maximum Gasteiger partial charge on any atom is 0.353 e. The minimum Gasteiger partial charge on any atom is -0.334 e. The van der Waals surface area contributed by atoms with Crippen molar-refractivity contribution in [3.05, 3.63) is 76.1 Å². The number of nitrogens with zero attached hydrogens (tertiary/aromatic N) is 3. The number of nitrogens with one attached hydrogen (secondary N) is 2. The third kappa shape index (κ3) is 4.24. The van der Waals surface area contributed by atoms with Gasteiger partial charge in [0.15, 0.2) is 5.78 Å². The van der Waals surface area contributed by atoms with Gasteiger partial charge in [-0.2, -0.15) is 0 Å². The van der Waals surface area contributed by atoms with Crippen molar-refractivity contribution >= 4 is 34.5 Å². The van der Waals surface area contributed by atoms with Gasteiger partial charge in [-0.1, -0.05) is 29.8 Å².